The molecule has 142 valence electrons. The topological polar surface area (TPSA) is 76.7 Å². The summed E-state index contributed by atoms with van der Waals surface area (Å²) in [5, 5.41) is 0.758. The van der Waals surface area contributed by atoms with E-state index in [4.69, 9.17) is 0 Å². The van der Waals surface area contributed by atoms with Crippen molar-refractivity contribution in [2.45, 2.75) is 12.8 Å². The minimum absolute atomic E-state index is 0.122. The Morgan fingerprint density at radius 2 is 1.63 bits per heavy atom. The zero-order chi connectivity index (χ0) is 18.8. The average molecular weight is 368 g/mol. The van der Waals surface area contributed by atoms with Gasteiger partial charge >= 0.3 is 0 Å². The lowest BCUT2D eigenvalue weighted by Gasteiger charge is -2.35. The number of carbonyl (C=O) groups is 2. The van der Waals surface area contributed by atoms with Crippen molar-refractivity contribution in [3.05, 3.63) is 46.2 Å². The monoisotopic (exact) mass is 368 g/mol. The second-order valence-corrected chi connectivity index (χ2v) is 7.25. The lowest BCUT2D eigenvalue weighted by atomic mass is 10.1. The van der Waals surface area contributed by atoms with Gasteiger partial charge in [-0.05, 0) is 18.9 Å². The number of hydrogen-bond acceptors (Lipinski definition) is 4. The molecule has 0 bridgehead atoms. The molecule has 1 aromatic heterocycles. The molecule has 0 atom stereocenters. The third-order valence-electron chi connectivity index (χ3n) is 5.46. The van der Waals surface area contributed by atoms with Crippen molar-refractivity contribution in [2.75, 3.05) is 45.8 Å². The van der Waals surface area contributed by atoms with E-state index in [0.717, 1.165) is 31.3 Å². The second-order valence-electron chi connectivity index (χ2n) is 7.25. The van der Waals surface area contributed by atoms with Crippen LogP contribution in [-0.4, -0.2) is 77.3 Å². The largest absolute Gasteiger partial charge is 0.342 e. The van der Waals surface area contributed by atoms with E-state index in [9.17, 15) is 14.4 Å². The Hall–Kier alpha value is -2.67. The highest BCUT2D eigenvalue weighted by atomic mass is 16.2. The van der Waals surface area contributed by atoms with Gasteiger partial charge in [-0.15, -0.1) is 0 Å². The first-order valence-corrected chi connectivity index (χ1v) is 9.53. The predicted octanol–water partition coefficient (Wildman–Crippen LogP) is 0.908. The van der Waals surface area contributed by atoms with Gasteiger partial charge in [0.1, 0.15) is 0 Å². The Balaban J connectivity index is 1.42. The van der Waals surface area contributed by atoms with Gasteiger partial charge in [-0.25, -0.2) is 0 Å². The number of hydrogen-bond donors (Lipinski definition) is 1. The number of aromatic nitrogens is 1. The highest BCUT2D eigenvalue weighted by Crippen LogP contribution is 2.17. The molecule has 3 heterocycles. The van der Waals surface area contributed by atoms with Crippen molar-refractivity contribution in [3.8, 4) is 0 Å². The van der Waals surface area contributed by atoms with E-state index in [1.54, 1.807) is 11.0 Å². The average Bonchev–Trinajstić information content (AvgIpc) is 3.22. The maximum atomic E-state index is 13.0. The van der Waals surface area contributed by atoms with Gasteiger partial charge in [0.2, 0.25) is 11.5 Å². The van der Waals surface area contributed by atoms with E-state index in [2.05, 4.69) is 9.88 Å². The van der Waals surface area contributed by atoms with Crippen LogP contribution < -0.4 is 5.56 Å². The Bertz CT molecular complexity index is 909. The number of nitrogens with zero attached hydrogens (tertiary/aromatic N) is 3. The Morgan fingerprint density at radius 3 is 2.37 bits per heavy atom. The fraction of sp³-hybridized carbons (Fsp3) is 0.450. The molecule has 2 aromatic rings. The fourth-order valence-electron chi connectivity index (χ4n) is 3.92. The van der Waals surface area contributed by atoms with Gasteiger partial charge in [0.25, 0.3) is 5.91 Å². The fourth-order valence-corrected chi connectivity index (χ4v) is 3.92. The molecule has 0 saturated carbocycles. The summed E-state index contributed by atoms with van der Waals surface area (Å²) in [6.07, 6.45) is 2.19. The standard InChI is InChI=1S/C20H24N4O3/c25-18-13-16(15-5-1-2-6-17(15)21-18)20(27)24-11-9-22(10-12-24)14-19(26)23-7-3-4-8-23/h1-2,5-6,13H,3-4,7-12,14H2,(H,21,25). The summed E-state index contributed by atoms with van der Waals surface area (Å²) in [6.45, 7) is 4.63. The number of likely N-dealkylation sites (tertiary alicyclic amines) is 1. The van der Waals surface area contributed by atoms with E-state index in [1.807, 2.05) is 23.1 Å². The molecule has 0 radical (unpaired) electrons. The molecule has 7 nitrogen and oxygen atoms in total. The van der Waals surface area contributed by atoms with E-state index in [1.165, 1.54) is 6.07 Å². The lowest BCUT2D eigenvalue weighted by Crippen LogP contribution is -2.51. The molecular formula is C20H24N4O3. The quantitative estimate of drug-likeness (QED) is 0.874. The number of benzene rings is 1. The van der Waals surface area contributed by atoms with Gasteiger partial charge in [0, 0.05) is 56.2 Å². The number of aromatic amines is 1. The third-order valence-corrected chi connectivity index (χ3v) is 5.46. The Labute approximate surface area is 157 Å². The zero-order valence-corrected chi connectivity index (χ0v) is 15.3. The van der Waals surface area contributed by atoms with Crippen molar-refractivity contribution in [3.63, 3.8) is 0 Å². The van der Waals surface area contributed by atoms with Crippen LogP contribution in [0.5, 0.6) is 0 Å². The van der Waals surface area contributed by atoms with Crippen molar-refractivity contribution in [2.24, 2.45) is 0 Å². The summed E-state index contributed by atoms with van der Waals surface area (Å²) in [5.41, 5.74) is 0.839. The summed E-state index contributed by atoms with van der Waals surface area (Å²) < 4.78 is 0. The van der Waals surface area contributed by atoms with Crippen LogP contribution in [0.25, 0.3) is 10.9 Å². The molecule has 0 spiro atoms. The summed E-state index contributed by atoms with van der Waals surface area (Å²) in [5.74, 6) is 0.0654. The van der Waals surface area contributed by atoms with Crippen LogP contribution in [0.4, 0.5) is 0 Å². The number of piperazine rings is 1. The molecule has 7 heteroatoms. The van der Waals surface area contributed by atoms with Crippen LogP contribution in [-0.2, 0) is 4.79 Å². The number of H-pyrrole nitrogens is 1. The molecule has 4 rings (SSSR count). The maximum Gasteiger partial charge on any atom is 0.254 e. The molecule has 2 aliphatic heterocycles. The number of rotatable bonds is 3. The molecule has 1 aromatic carbocycles. The Kier molecular flexibility index (Phi) is 4.94. The molecule has 2 aliphatic rings. The third kappa shape index (κ3) is 3.73. The van der Waals surface area contributed by atoms with E-state index >= 15 is 0 Å². The molecule has 0 aliphatic carbocycles. The molecule has 2 amide bonds. The number of carbonyl (C=O) groups excluding carboxylic acids is 2. The molecule has 2 saturated heterocycles. The van der Waals surface area contributed by atoms with Crippen LogP contribution >= 0.6 is 0 Å². The van der Waals surface area contributed by atoms with Crippen molar-refractivity contribution >= 4 is 22.7 Å². The van der Waals surface area contributed by atoms with Crippen molar-refractivity contribution in [1.82, 2.24) is 19.7 Å². The van der Waals surface area contributed by atoms with Crippen LogP contribution in [0.1, 0.15) is 23.2 Å². The van der Waals surface area contributed by atoms with Crippen LogP contribution in [0.3, 0.4) is 0 Å². The first-order valence-electron chi connectivity index (χ1n) is 9.53. The number of nitrogens with one attached hydrogen (secondary N) is 1. The Morgan fingerprint density at radius 1 is 0.926 bits per heavy atom. The number of amides is 2. The van der Waals surface area contributed by atoms with Crippen molar-refractivity contribution < 1.29 is 9.59 Å². The zero-order valence-electron chi connectivity index (χ0n) is 15.3. The van der Waals surface area contributed by atoms with Crippen molar-refractivity contribution in [1.29, 1.82) is 0 Å². The van der Waals surface area contributed by atoms with Gasteiger partial charge in [-0.3, -0.25) is 19.3 Å². The van der Waals surface area contributed by atoms with Crippen LogP contribution in [0.15, 0.2) is 35.1 Å². The van der Waals surface area contributed by atoms with Gasteiger partial charge in [-0.2, -0.15) is 0 Å². The van der Waals surface area contributed by atoms with Gasteiger partial charge in [0.15, 0.2) is 0 Å². The number of fused-ring (bicyclic) bond motifs is 1. The smallest absolute Gasteiger partial charge is 0.254 e. The van der Waals surface area contributed by atoms with E-state index in [-0.39, 0.29) is 17.4 Å². The van der Waals surface area contributed by atoms with Gasteiger partial charge < -0.3 is 14.8 Å². The molecule has 1 N–H and O–H groups in total. The first kappa shape index (κ1) is 17.7. The highest BCUT2D eigenvalue weighted by molar-refractivity contribution is 6.06. The second kappa shape index (κ2) is 7.52. The van der Waals surface area contributed by atoms with Gasteiger partial charge in [-0.1, -0.05) is 18.2 Å². The minimum Gasteiger partial charge on any atom is -0.342 e. The van der Waals surface area contributed by atoms with E-state index < -0.39 is 0 Å². The van der Waals surface area contributed by atoms with E-state index in [0.29, 0.717) is 43.8 Å². The van der Waals surface area contributed by atoms with Crippen LogP contribution in [0.2, 0.25) is 0 Å². The summed E-state index contributed by atoms with van der Waals surface area (Å²) >= 11 is 0. The summed E-state index contributed by atoms with van der Waals surface area (Å²) in [4.78, 5) is 45.8. The molecular weight excluding hydrogens is 344 g/mol. The summed E-state index contributed by atoms with van der Waals surface area (Å²) in [6, 6.07) is 8.73. The van der Waals surface area contributed by atoms with Gasteiger partial charge in [0.05, 0.1) is 12.1 Å². The van der Waals surface area contributed by atoms with Crippen LogP contribution in [0, 0.1) is 0 Å². The number of para-hydroxylation sites is 1. The summed E-state index contributed by atoms with van der Waals surface area (Å²) in [7, 11) is 0. The lowest BCUT2D eigenvalue weighted by molar-refractivity contribution is -0.131. The molecule has 27 heavy (non-hydrogen) atoms. The first-order chi connectivity index (χ1) is 13.1. The SMILES string of the molecule is O=C(CN1CCN(C(=O)c2cc(=O)[nH]c3ccccc23)CC1)N1CCCC1. The minimum atomic E-state index is -0.271. The molecule has 0 unspecified atom stereocenters. The molecule has 2 fully saturated rings. The highest BCUT2D eigenvalue weighted by Gasteiger charge is 2.26. The maximum absolute atomic E-state index is 13.0. The predicted molar refractivity (Wildman–Crippen MR) is 103 cm³/mol. The normalized spacial score (nSPS) is 18.2. The number of pyridine rings is 1.